The average Bonchev–Trinajstić information content (AvgIpc) is 3.36. The zero-order valence-corrected chi connectivity index (χ0v) is 47.4. The number of hydrogen-bond donors (Lipinski definition) is 4. The molecule has 0 rings (SSSR count). The number of amides is 1. The van der Waals surface area contributed by atoms with E-state index in [9.17, 15) is 20.1 Å². The van der Waals surface area contributed by atoms with Crippen LogP contribution >= 0.6 is 0 Å². The van der Waals surface area contributed by atoms with Crippen molar-refractivity contribution in [3.63, 3.8) is 0 Å². The topological polar surface area (TPSA) is 89.8 Å². The molecule has 70 heavy (non-hydrogen) atoms. The molecule has 0 aliphatic heterocycles. The molecule has 0 saturated carbocycles. The van der Waals surface area contributed by atoms with Crippen molar-refractivity contribution in [2.45, 2.75) is 366 Å². The SMILES string of the molecule is CCCCCCCCCCCCCCCC/C=C/CC/C=C/CC/C=C/C(O)C(CO)NC(=O)C(O)CCCCCCCCCCCCCCCCCCCCCCCCCCCCCCCCCC. The smallest absolute Gasteiger partial charge is 0.249 e. The molecule has 5 nitrogen and oxygen atoms in total. The summed E-state index contributed by atoms with van der Waals surface area (Å²) in [6.45, 7) is 4.21. The molecule has 3 atom stereocenters. The number of aliphatic hydroxyl groups excluding tert-OH is 3. The normalized spacial score (nSPS) is 13.4. The molecule has 0 saturated heterocycles. The third-order valence-electron chi connectivity index (χ3n) is 15.0. The van der Waals surface area contributed by atoms with E-state index >= 15 is 0 Å². The minimum Gasteiger partial charge on any atom is -0.394 e. The van der Waals surface area contributed by atoms with Crippen LogP contribution in [0.5, 0.6) is 0 Å². The van der Waals surface area contributed by atoms with E-state index in [2.05, 4.69) is 43.5 Å². The predicted octanol–water partition coefficient (Wildman–Crippen LogP) is 20.2. The van der Waals surface area contributed by atoms with Crippen LogP contribution in [-0.4, -0.2) is 46.1 Å². The first-order chi connectivity index (χ1) is 34.6. The van der Waals surface area contributed by atoms with E-state index in [0.717, 1.165) is 44.9 Å². The van der Waals surface area contributed by atoms with Crippen LogP contribution in [-0.2, 0) is 4.79 Å². The van der Waals surface area contributed by atoms with Crippen LogP contribution in [0, 0.1) is 0 Å². The second-order valence-electron chi connectivity index (χ2n) is 22.0. The summed E-state index contributed by atoms with van der Waals surface area (Å²) in [4.78, 5) is 12.6. The van der Waals surface area contributed by atoms with Crippen LogP contribution in [0.2, 0.25) is 0 Å². The van der Waals surface area contributed by atoms with Gasteiger partial charge in [-0.25, -0.2) is 0 Å². The number of hydrogen-bond acceptors (Lipinski definition) is 4. The summed E-state index contributed by atoms with van der Waals surface area (Å²) in [6, 6.07) is -0.821. The standard InChI is InChI=1S/C65H125NO4/c1-3-5-7-9-11-13-15-17-19-21-23-25-27-29-30-31-32-33-34-35-36-38-40-42-44-46-48-50-52-54-56-58-60-64(69)65(70)66-62(61-67)63(68)59-57-55-53-51-49-47-45-43-41-39-37-28-26-24-22-20-18-16-14-12-10-8-6-4-2/h41,43,49,51,57,59,62-64,67-69H,3-40,42,44-48,50,52-56,58,60-61H2,1-2H3,(H,66,70)/b43-41+,51-49+,59-57+. The molecule has 3 unspecified atom stereocenters. The van der Waals surface area contributed by atoms with Crippen molar-refractivity contribution in [3.8, 4) is 0 Å². The Morgan fingerprint density at radius 1 is 0.343 bits per heavy atom. The number of rotatable bonds is 59. The fourth-order valence-electron chi connectivity index (χ4n) is 10.0. The Labute approximate surface area is 438 Å². The van der Waals surface area contributed by atoms with Crippen molar-refractivity contribution in [1.29, 1.82) is 0 Å². The molecular formula is C65H125NO4. The summed E-state index contributed by atoms with van der Waals surface area (Å²) >= 11 is 0. The van der Waals surface area contributed by atoms with Crippen molar-refractivity contribution >= 4 is 5.91 Å². The van der Waals surface area contributed by atoms with Gasteiger partial charge in [0.25, 0.3) is 0 Å². The van der Waals surface area contributed by atoms with Gasteiger partial charge in [0.15, 0.2) is 0 Å². The fraction of sp³-hybridized carbons (Fsp3) is 0.892. The first-order valence-corrected chi connectivity index (χ1v) is 31.8. The Morgan fingerprint density at radius 3 is 0.871 bits per heavy atom. The van der Waals surface area contributed by atoms with E-state index in [-0.39, 0.29) is 6.61 Å². The molecule has 0 fully saturated rings. The number of allylic oxidation sites excluding steroid dienone is 5. The third kappa shape index (κ3) is 54.3. The minimum absolute atomic E-state index is 0.379. The molecule has 0 aromatic carbocycles. The van der Waals surface area contributed by atoms with Gasteiger partial charge in [-0.1, -0.05) is 339 Å². The lowest BCUT2D eigenvalue weighted by molar-refractivity contribution is -0.131. The van der Waals surface area contributed by atoms with Gasteiger partial charge in [0.05, 0.1) is 18.8 Å². The van der Waals surface area contributed by atoms with E-state index in [1.165, 1.54) is 283 Å². The minimum atomic E-state index is -1.11. The molecular weight excluding hydrogens is 859 g/mol. The van der Waals surface area contributed by atoms with Gasteiger partial charge in [-0.15, -0.1) is 0 Å². The number of nitrogens with one attached hydrogen (secondary N) is 1. The summed E-state index contributed by atoms with van der Waals surface area (Å²) in [7, 11) is 0. The molecule has 414 valence electrons. The highest BCUT2D eigenvalue weighted by Crippen LogP contribution is 2.18. The molecule has 0 radical (unpaired) electrons. The fourth-order valence-corrected chi connectivity index (χ4v) is 10.0. The van der Waals surface area contributed by atoms with Gasteiger partial charge in [-0.05, 0) is 44.9 Å². The van der Waals surface area contributed by atoms with Crippen LogP contribution in [0.15, 0.2) is 36.5 Å². The van der Waals surface area contributed by atoms with Gasteiger partial charge in [0.1, 0.15) is 6.10 Å². The Kier molecular flexibility index (Phi) is 58.9. The predicted molar refractivity (Wildman–Crippen MR) is 310 cm³/mol. The summed E-state index contributed by atoms with van der Waals surface area (Å²) < 4.78 is 0. The zero-order valence-electron chi connectivity index (χ0n) is 47.4. The van der Waals surface area contributed by atoms with Crippen molar-refractivity contribution in [3.05, 3.63) is 36.5 Å². The monoisotopic (exact) mass is 984 g/mol. The second-order valence-corrected chi connectivity index (χ2v) is 22.0. The number of aliphatic hydroxyl groups is 3. The summed E-state index contributed by atoms with van der Waals surface area (Å²) in [5, 5.41) is 33.4. The van der Waals surface area contributed by atoms with Crippen LogP contribution in [0.25, 0.3) is 0 Å². The van der Waals surface area contributed by atoms with Gasteiger partial charge < -0.3 is 20.6 Å². The number of carbonyl (C=O) groups excluding carboxylic acids is 1. The molecule has 0 aromatic heterocycles. The van der Waals surface area contributed by atoms with Crippen LogP contribution in [0.4, 0.5) is 0 Å². The molecule has 0 aromatic rings. The molecule has 0 heterocycles. The first-order valence-electron chi connectivity index (χ1n) is 31.8. The molecule has 0 bridgehead atoms. The quantitative estimate of drug-likeness (QED) is 0.0361. The largest absolute Gasteiger partial charge is 0.394 e. The zero-order chi connectivity index (χ0) is 50.7. The van der Waals surface area contributed by atoms with Crippen LogP contribution in [0.3, 0.4) is 0 Å². The summed E-state index contributed by atoms with van der Waals surface area (Å²) in [5.74, 6) is -0.510. The van der Waals surface area contributed by atoms with Crippen LogP contribution < -0.4 is 5.32 Å². The number of unbranched alkanes of at least 4 members (excludes halogenated alkanes) is 47. The summed E-state index contributed by atoms with van der Waals surface area (Å²) in [5.41, 5.74) is 0. The van der Waals surface area contributed by atoms with Gasteiger partial charge in [0.2, 0.25) is 5.91 Å². The average molecular weight is 985 g/mol. The summed E-state index contributed by atoms with van der Waals surface area (Å²) in [6.07, 6.45) is 79.8. The van der Waals surface area contributed by atoms with E-state index in [0.29, 0.717) is 6.42 Å². The Balaban J connectivity index is 3.55. The van der Waals surface area contributed by atoms with Crippen molar-refractivity contribution in [1.82, 2.24) is 5.32 Å². The number of carbonyl (C=O) groups is 1. The molecule has 1 amide bonds. The Hall–Kier alpha value is -1.43. The second kappa shape index (κ2) is 60.1. The van der Waals surface area contributed by atoms with Crippen molar-refractivity contribution in [2.75, 3.05) is 6.61 Å². The lowest BCUT2D eigenvalue weighted by Crippen LogP contribution is -2.48. The van der Waals surface area contributed by atoms with E-state index in [4.69, 9.17) is 0 Å². The highest BCUT2D eigenvalue weighted by molar-refractivity contribution is 5.80. The highest BCUT2D eigenvalue weighted by atomic mass is 16.3. The maximum atomic E-state index is 12.6. The highest BCUT2D eigenvalue weighted by Gasteiger charge is 2.22. The first kappa shape index (κ1) is 68.6. The molecule has 0 aliphatic rings. The third-order valence-corrected chi connectivity index (χ3v) is 15.0. The van der Waals surface area contributed by atoms with Gasteiger partial charge in [-0.3, -0.25) is 4.79 Å². The van der Waals surface area contributed by atoms with Crippen molar-refractivity contribution < 1.29 is 20.1 Å². The Morgan fingerprint density at radius 2 is 0.586 bits per heavy atom. The van der Waals surface area contributed by atoms with Crippen molar-refractivity contribution in [2.24, 2.45) is 0 Å². The molecule has 5 heteroatoms. The van der Waals surface area contributed by atoms with Gasteiger partial charge in [-0.2, -0.15) is 0 Å². The maximum absolute atomic E-state index is 12.6. The lowest BCUT2D eigenvalue weighted by Gasteiger charge is -2.21. The lowest BCUT2D eigenvalue weighted by atomic mass is 10.0. The van der Waals surface area contributed by atoms with E-state index < -0.39 is 24.2 Å². The van der Waals surface area contributed by atoms with E-state index in [1.54, 1.807) is 6.08 Å². The maximum Gasteiger partial charge on any atom is 0.249 e. The molecule has 4 N–H and O–H groups in total. The van der Waals surface area contributed by atoms with Gasteiger partial charge in [0, 0.05) is 0 Å². The molecule has 0 aliphatic carbocycles. The van der Waals surface area contributed by atoms with Crippen LogP contribution in [0.1, 0.15) is 348 Å². The Bertz CT molecular complexity index is 1090. The van der Waals surface area contributed by atoms with Gasteiger partial charge >= 0.3 is 0 Å². The molecule has 0 spiro atoms. The van der Waals surface area contributed by atoms with E-state index in [1.807, 2.05) is 6.08 Å².